The zero-order valence-corrected chi connectivity index (χ0v) is 13.9. The quantitative estimate of drug-likeness (QED) is 0.475. The van der Waals surface area contributed by atoms with Crippen LogP contribution in [-0.4, -0.2) is 35.1 Å². The fraction of sp³-hybridized carbons (Fsp3) is 0.333. The van der Waals surface area contributed by atoms with Crippen LogP contribution in [0.15, 0.2) is 36.4 Å². The van der Waals surface area contributed by atoms with E-state index in [0.717, 1.165) is 17.0 Å². The van der Waals surface area contributed by atoms with Gasteiger partial charge in [0, 0.05) is 18.5 Å². The molecule has 1 heterocycles. The first-order valence-corrected chi connectivity index (χ1v) is 8.32. The van der Waals surface area contributed by atoms with Gasteiger partial charge in [0.1, 0.15) is 5.82 Å². The number of amides is 4. The lowest BCUT2D eigenvalue weighted by Gasteiger charge is -2.14. The number of carbonyl (C=O) groups excluding carboxylic acids is 4. The van der Waals surface area contributed by atoms with Crippen molar-refractivity contribution in [2.24, 2.45) is 11.8 Å². The fourth-order valence-electron chi connectivity index (χ4n) is 3.17. The predicted octanol–water partition coefficient (Wildman–Crippen LogP) is 0.928. The Kier molecular flexibility index (Phi) is 5.11. The van der Waals surface area contributed by atoms with E-state index in [1.54, 1.807) is 0 Å². The molecule has 2 aliphatic rings. The summed E-state index contributed by atoms with van der Waals surface area (Å²) in [6, 6.07) is 4.84. The van der Waals surface area contributed by atoms with Crippen LogP contribution in [0.25, 0.3) is 0 Å². The molecule has 8 heteroatoms. The summed E-state index contributed by atoms with van der Waals surface area (Å²) in [7, 11) is 0. The van der Waals surface area contributed by atoms with E-state index in [4.69, 9.17) is 0 Å². The molecule has 0 radical (unpaired) electrons. The van der Waals surface area contributed by atoms with Gasteiger partial charge >= 0.3 is 0 Å². The van der Waals surface area contributed by atoms with E-state index < -0.39 is 17.6 Å². The summed E-state index contributed by atoms with van der Waals surface area (Å²) in [5.74, 6) is -2.73. The van der Waals surface area contributed by atoms with Gasteiger partial charge in [0.15, 0.2) is 0 Å². The van der Waals surface area contributed by atoms with Crippen molar-refractivity contribution in [1.29, 1.82) is 0 Å². The third-order valence-electron chi connectivity index (χ3n) is 4.58. The minimum atomic E-state index is -0.594. The number of carbonyl (C=O) groups is 4. The molecule has 3 rings (SSSR count). The number of hydrazine groups is 1. The van der Waals surface area contributed by atoms with Crippen molar-refractivity contribution in [1.82, 2.24) is 15.8 Å². The second-order valence-electron chi connectivity index (χ2n) is 6.24. The largest absolute Gasteiger partial charge is 0.282 e. The third kappa shape index (κ3) is 3.63. The molecular formula is C18H18FN3O4. The maximum atomic E-state index is 12.8. The number of hydrogen-bond acceptors (Lipinski definition) is 4. The van der Waals surface area contributed by atoms with Gasteiger partial charge in [0.05, 0.1) is 11.8 Å². The normalized spacial score (nSPS) is 21.5. The van der Waals surface area contributed by atoms with Crippen LogP contribution in [0.2, 0.25) is 0 Å². The van der Waals surface area contributed by atoms with E-state index in [1.165, 1.54) is 12.1 Å². The number of hydrogen-bond donors (Lipinski definition) is 2. The molecule has 1 aliphatic heterocycles. The predicted molar refractivity (Wildman–Crippen MR) is 88.7 cm³/mol. The maximum Gasteiger partial charge on any atom is 0.269 e. The molecular weight excluding hydrogens is 341 g/mol. The van der Waals surface area contributed by atoms with Crippen molar-refractivity contribution >= 4 is 23.6 Å². The van der Waals surface area contributed by atoms with E-state index in [1.807, 2.05) is 12.2 Å². The summed E-state index contributed by atoms with van der Waals surface area (Å²) in [6.07, 6.45) is 4.77. The van der Waals surface area contributed by atoms with Crippen LogP contribution < -0.4 is 10.9 Å². The smallest absolute Gasteiger partial charge is 0.269 e. The van der Waals surface area contributed by atoms with E-state index in [9.17, 15) is 23.6 Å². The molecule has 26 heavy (non-hydrogen) atoms. The first-order valence-electron chi connectivity index (χ1n) is 8.32. The Morgan fingerprint density at radius 1 is 1.00 bits per heavy atom. The molecule has 0 spiro atoms. The summed E-state index contributed by atoms with van der Waals surface area (Å²) in [5, 5.41) is 0. The number of nitrogens with zero attached hydrogens (tertiary/aromatic N) is 1. The Bertz CT molecular complexity index is 749. The van der Waals surface area contributed by atoms with Gasteiger partial charge in [-0.3, -0.25) is 34.9 Å². The second-order valence-corrected chi connectivity index (χ2v) is 6.24. The number of benzene rings is 1. The highest BCUT2D eigenvalue weighted by molar-refractivity contribution is 6.05. The first kappa shape index (κ1) is 17.8. The summed E-state index contributed by atoms with van der Waals surface area (Å²) in [5.41, 5.74) is 4.61. The Hall–Kier alpha value is -3.03. The van der Waals surface area contributed by atoms with Crippen LogP contribution >= 0.6 is 0 Å². The van der Waals surface area contributed by atoms with E-state index in [2.05, 4.69) is 10.9 Å². The summed E-state index contributed by atoms with van der Waals surface area (Å²) >= 11 is 0. The second kappa shape index (κ2) is 7.47. The highest BCUT2D eigenvalue weighted by atomic mass is 19.1. The van der Waals surface area contributed by atoms with E-state index >= 15 is 0 Å². The summed E-state index contributed by atoms with van der Waals surface area (Å²) < 4.78 is 12.8. The van der Waals surface area contributed by atoms with Crippen LogP contribution in [0.5, 0.6) is 0 Å². The minimum absolute atomic E-state index is 0.0249. The topological polar surface area (TPSA) is 95.6 Å². The highest BCUT2D eigenvalue weighted by Gasteiger charge is 2.46. The van der Waals surface area contributed by atoms with Crippen LogP contribution in [0.4, 0.5) is 4.39 Å². The van der Waals surface area contributed by atoms with Gasteiger partial charge in [-0.15, -0.1) is 0 Å². The SMILES string of the molecule is O=C(CCN1C(=O)[C@H]2CC=CC[C@@H]2C1=O)NNC(=O)c1ccc(F)cc1. The van der Waals surface area contributed by atoms with Gasteiger partial charge < -0.3 is 0 Å². The molecule has 7 nitrogen and oxygen atoms in total. The van der Waals surface area contributed by atoms with Gasteiger partial charge in [-0.1, -0.05) is 12.2 Å². The molecule has 4 amide bonds. The fourth-order valence-corrected chi connectivity index (χ4v) is 3.17. The molecule has 2 N–H and O–H groups in total. The van der Waals surface area contributed by atoms with Gasteiger partial charge in [-0.25, -0.2) is 4.39 Å². The molecule has 1 aliphatic carbocycles. The molecule has 2 atom stereocenters. The number of halogens is 1. The lowest BCUT2D eigenvalue weighted by Crippen LogP contribution is -2.43. The number of nitrogens with one attached hydrogen (secondary N) is 2. The zero-order chi connectivity index (χ0) is 18.7. The van der Waals surface area contributed by atoms with Crippen LogP contribution in [-0.2, 0) is 14.4 Å². The van der Waals surface area contributed by atoms with Crippen molar-refractivity contribution in [3.05, 3.63) is 47.8 Å². The lowest BCUT2D eigenvalue weighted by molar-refractivity contribution is -0.140. The minimum Gasteiger partial charge on any atom is -0.282 e. The number of rotatable bonds is 4. The molecule has 0 unspecified atom stereocenters. The highest BCUT2D eigenvalue weighted by Crippen LogP contribution is 2.34. The van der Waals surface area contributed by atoms with Crippen LogP contribution in [0.1, 0.15) is 29.6 Å². The van der Waals surface area contributed by atoms with Crippen molar-refractivity contribution in [2.45, 2.75) is 19.3 Å². The standard InChI is InChI=1S/C18H18FN3O4/c19-12-7-5-11(6-8-12)16(24)21-20-15(23)9-10-22-17(25)13-3-1-2-4-14(13)18(22)26/h1-2,5-8,13-14H,3-4,9-10H2,(H,20,23)(H,21,24)/t13-,14-/m0/s1. The average molecular weight is 359 g/mol. The molecule has 0 bridgehead atoms. The first-order chi connectivity index (χ1) is 12.5. The number of likely N-dealkylation sites (tertiary alicyclic amines) is 1. The van der Waals surface area contributed by atoms with E-state index in [-0.39, 0.29) is 42.2 Å². The lowest BCUT2D eigenvalue weighted by atomic mass is 9.85. The summed E-state index contributed by atoms with van der Waals surface area (Å²) in [4.78, 5) is 49.4. The Morgan fingerprint density at radius 3 is 2.15 bits per heavy atom. The molecule has 1 aromatic rings. The Balaban J connectivity index is 1.47. The van der Waals surface area contributed by atoms with Gasteiger partial charge in [0.2, 0.25) is 17.7 Å². The van der Waals surface area contributed by atoms with Gasteiger partial charge in [0.25, 0.3) is 5.91 Å². The molecule has 1 saturated heterocycles. The summed E-state index contributed by atoms with van der Waals surface area (Å²) in [6.45, 7) is -0.0249. The molecule has 1 fully saturated rings. The molecule has 0 saturated carbocycles. The monoisotopic (exact) mass is 359 g/mol. The van der Waals surface area contributed by atoms with Crippen molar-refractivity contribution in [3.63, 3.8) is 0 Å². The number of fused-ring (bicyclic) bond motifs is 1. The Morgan fingerprint density at radius 2 is 1.58 bits per heavy atom. The van der Waals surface area contributed by atoms with Crippen LogP contribution in [0.3, 0.4) is 0 Å². The number of allylic oxidation sites excluding steroid dienone is 2. The molecule has 136 valence electrons. The van der Waals surface area contributed by atoms with Crippen molar-refractivity contribution in [3.8, 4) is 0 Å². The van der Waals surface area contributed by atoms with E-state index in [0.29, 0.717) is 12.8 Å². The zero-order valence-electron chi connectivity index (χ0n) is 13.9. The van der Waals surface area contributed by atoms with Crippen LogP contribution in [0, 0.1) is 17.7 Å². The number of imide groups is 1. The maximum absolute atomic E-state index is 12.8. The van der Waals surface area contributed by atoms with Crippen molar-refractivity contribution < 1.29 is 23.6 Å². The Labute approximate surface area is 149 Å². The van der Waals surface area contributed by atoms with Gasteiger partial charge in [-0.05, 0) is 37.1 Å². The average Bonchev–Trinajstić information content (AvgIpc) is 2.89. The molecule has 1 aromatic carbocycles. The third-order valence-corrected chi connectivity index (χ3v) is 4.58. The van der Waals surface area contributed by atoms with Crippen molar-refractivity contribution in [2.75, 3.05) is 6.54 Å². The molecule has 0 aromatic heterocycles. The van der Waals surface area contributed by atoms with Gasteiger partial charge in [-0.2, -0.15) is 0 Å².